The third-order valence-corrected chi connectivity index (χ3v) is 2.73. The van der Waals surface area contributed by atoms with Crippen LogP contribution in [0.3, 0.4) is 0 Å². The van der Waals surface area contributed by atoms with E-state index in [4.69, 9.17) is 9.47 Å². The number of aryl methyl sites for hydroxylation is 2. The number of esters is 1. The molecule has 4 heteroatoms. The second kappa shape index (κ2) is 5.68. The number of ether oxygens (including phenoxy) is 2. The molecule has 17 heavy (non-hydrogen) atoms. The van der Waals surface area contributed by atoms with E-state index >= 15 is 0 Å². The summed E-state index contributed by atoms with van der Waals surface area (Å²) >= 11 is 0. The van der Waals surface area contributed by atoms with Crippen molar-refractivity contribution in [3.8, 4) is 5.75 Å². The fraction of sp³-hybridized carbons (Fsp3) is 0.462. The molecule has 0 fully saturated rings. The van der Waals surface area contributed by atoms with Gasteiger partial charge in [-0.1, -0.05) is 6.07 Å². The number of carbonyl (C=O) groups excluding carboxylic acids is 1. The highest BCUT2D eigenvalue weighted by molar-refractivity contribution is 5.79. The highest BCUT2D eigenvalue weighted by Crippen LogP contribution is 2.30. The van der Waals surface area contributed by atoms with Gasteiger partial charge in [-0.2, -0.15) is 0 Å². The van der Waals surface area contributed by atoms with E-state index in [0.29, 0.717) is 5.75 Å². The Kier molecular flexibility index (Phi) is 4.52. The van der Waals surface area contributed by atoms with Gasteiger partial charge in [-0.05, 0) is 38.1 Å². The fourth-order valence-corrected chi connectivity index (χ4v) is 1.98. The molecule has 1 unspecified atom stereocenters. The van der Waals surface area contributed by atoms with Gasteiger partial charge in [-0.15, -0.1) is 0 Å². The third-order valence-electron chi connectivity index (χ3n) is 2.73. The summed E-state index contributed by atoms with van der Waals surface area (Å²) in [6, 6.07) is 3.43. The number of benzene rings is 1. The topological polar surface area (TPSA) is 47.6 Å². The quantitative estimate of drug-likeness (QED) is 0.810. The molecule has 1 aromatic carbocycles. The summed E-state index contributed by atoms with van der Waals surface area (Å²) in [6.07, 6.45) is 0. The lowest BCUT2D eigenvalue weighted by molar-refractivity contribution is -0.143. The summed E-state index contributed by atoms with van der Waals surface area (Å²) in [5.41, 5.74) is 2.93. The maximum absolute atomic E-state index is 11.7. The van der Waals surface area contributed by atoms with E-state index in [1.807, 2.05) is 26.0 Å². The van der Waals surface area contributed by atoms with Crippen LogP contribution in [0.4, 0.5) is 0 Å². The molecule has 0 saturated heterocycles. The van der Waals surface area contributed by atoms with Gasteiger partial charge >= 0.3 is 5.97 Å². The summed E-state index contributed by atoms with van der Waals surface area (Å²) in [4.78, 5) is 11.7. The Labute approximate surface area is 102 Å². The summed E-state index contributed by atoms with van der Waals surface area (Å²) in [5, 5.41) is 2.95. The molecule has 94 valence electrons. The van der Waals surface area contributed by atoms with Crippen molar-refractivity contribution in [3.63, 3.8) is 0 Å². The summed E-state index contributed by atoms with van der Waals surface area (Å²) < 4.78 is 10.1. The molecule has 0 amide bonds. The van der Waals surface area contributed by atoms with Crippen LogP contribution in [-0.4, -0.2) is 27.2 Å². The van der Waals surface area contributed by atoms with Crippen LogP contribution in [0.15, 0.2) is 12.1 Å². The number of methoxy groups -OCH3 is 2. The van der Waals surface area contributed by atoms with Gasteiger partial charge in [0.2, 0.25) is 0 Å². The molecule has 0 aromatic heterocycles. The third kappa shape index (κ3) is 2.77. The van der Waals surface area contributed by atoms with Crippen molar-refractivity contribution in [2.24, 2.45) is 0 Å². The van der Waals surface area contributed by atoms with Crippen molar-refractivity contribution in [1.82, 2.24) is 5.32 Å². The SMILES string of the molecule is CNC(C(=O)OC)c1c(C)cc(C)cc1OC. The van der Waals surface area contributed by atoms with Crippen LogP contribution >= 0.6 is 0 Å². The predicted molar refractivity (Wildman–Crippen MR) is 66.3 cm³/mol. The molecule has 0 aliphatic rings. The smallest absolute Gasteiger partial charge is 0.327 e. The lowest BCUT2D eigenvalue weighted by Gasteiger charge is -2.20. The molecule has 1 N–H and O–H groups in total. The van der Waals surface area contributed by atoms with Crippen LogP contribution in [0.1, 0.15) is 22.7 Å². The first-order valence-electron chi connectivity index (χ1n) is 5.45. The average molecular weight is 237 g/mol. The van der Waals surface area contributed by atoms with Gasteiger partial charge in [0.05, 0.1) is 14.2 Å². The summed E-state index contributed by atoms with van der Waals surface area (Å²) in [5.74, 6) is 0.380. The van der Waals surface area contributed by atoms with Crippen LogP contribution in [0.5, 0.6) is 5.75 Å². The maximum Gasteiger partial charge on any atom is 0.327 e. The molecule has 0 aliphatic carbocycles. The molecule has 0 aliphatic heterocycles. The lowest BCUT2D eigenvalue weighted by Crippen LogP contribution is -2.27. The average Bonchev–Trinajstić information content (AvgIpc) is 2.31. The first kappa shape index (κ1) is 13.5. The minimum atomic E-state index is -0.504. The van der Waals surface area contributed by atoms with E-state index < -0.39 is 6.04 Å². The van der Waals surface area contributed by atoms with E-state index in [0.717, 1.165) is 16.7 Å². The van der Waals surface area contributed by atoms with E-state index in [2.05, 4.69) is 5.32 Å². The zero-order chi connectivity index (χ0) is 13.0. The molecule has 1 atom stereocenters. The number of hydrogen-bond acceptors (Lipinski definition) is 4. The highest BCUT2D eigenvalue weighted by atomic mass is 16.5. The van der Waals surface area contributed by atoms with Crippen LogP contribution in [0.2, 0.25) is 0 Å². The van der Waals surface area contributed by atoms with Gasteiger partial charge < -0.3 is 14.8 Å². The Morgan fingerprint density at radius 2 is 1.94 bits per heavy atom. The van der Waals surface area contributed by atoms with Crippen molar-refractivity contribution in [1.29, 1.82) is 0 Å². The van der Waals surface area contributed by atoms with Crippen molar-refractivity contribution >= 4 is 5.97 Å². The molecule has 0 bridgehead atoms. The van der Waals surface area contributed by atoms with Crippen molar-refractivity contribution in [2.45, 2.75) is 19.9 Å². The Hall–Kier alpha value is -1.55. The van der Waals surface area contributed by atoms with Crippen LogP contribution < -0.4 is 10.1 Å². The van der Waals surface area contributed by atoms with Gasteiger partial charge in [-0.25, -0.2) is 4.79 Å². The van der Waals surface area contributed by atoms with Crippen molar-refractivity contribution < 1.29 is 14.3 Å². The monoisotopic (exact) mass is 237 g/mol. The molecule has 0 spiro atoms. The van der Waals surface area contributed by atoms with E-state index in [-0.39, 0.29) is 5.97 Å². The molecular formula is C13H19NO3. The Bertz CT molecular complexity index is 415. The van der Waals surface area contributed by atoms with Crippen LogP contribution in [-0.2, 0) is 9.53 Å². The Morgan fingerprint density at radius 3 is 2.41 bits per heavy atom. The number of nitrogens with one attached hydrogen (secondary N) is 1. The summed E-state index contributed by atoms with van der Waals surface area (Å²) in [6.45, 7) is 3.95. The fourth-order valence-electron chi connectivity index (χ4n) is 1.98. The molecular weight excluding hydrogens is 218 g/mol. The predicted octanol–water partition coefficient (Wildman–Crippen LogP) is 1.75. The minimum Gasteiger partial charge on any atom is -0.496 e. The normalized spacial score (nSPS) is 12.1. The first-order valence-corrected chi connectivity index (χ1v) is 5.45. The molecule has 0 radical (unpaired) electrons. The standard InChI is InChI=1S/C13H19NO3/c1-8-6-9(2)11(10(7-8)16-4)12(14-3)13(15)17-5/h6-7,12,14H,1-5H3. The number of rotatable bonds is 4. The Morgan fingerprint density at radius 1 is 1.29 bits per heavy atom. The zero-order valence-corrected chi connectivity index (χ0v) is 11.0. The largest absolute Gasteiger partial charge is 0.496 e. The lowest BCUT2D eigenvalue weighted by atomic mass is 9.98. The number of likely N-dealkylation sites (N-methyl/N-ethyl adjacent to an activating group) is 1. The van der Waals surface area contributed by atoms with E-state index in [1.54, 1.807) is 14.2 Å². The van der Waals surface area contributed by atoms with Gasteiger partial charge in [0.1, 0.15) is 11.8 Å². The summed E-state index contributed by atoms with van der Waals surface area (Å²) in [7, 11) is 4.70. The van der Waals surface area contributed by atoms with Crippen LogP contribution in [0.25, 0.3) is 0 Å². The first-order chi connectivity index (χ1) is 8.04. The minimum absolute atomic E-state index is 0.322. The second-order valence-electron chi connectivity index (χ2n) is 3.94. The number of hydrogen-bond donors (Lipinski definition) is 1. The number of carbonyl (C=O) groups is 1. The van der Waals surface area contributed by atoms with Crippen LogP contribution in [0, 0.1) is 13.8 Å². The molecule has 1 rings (SSSR count). The maximum atomic E-state index is 11.7. The van der Waals surface area contributed by atoms with Crippen molar-refractivity contribution in [2.75, 3.05) is 21.3 Å². The van der Waals surface area contributed by atoms with Gasteiger partial charge in [-0.3, -0.25) is 0 Å². The zero-order valence-electron chi connectivity index (χ0n) is 11.0. The van der Waals surface area contributed by atoms with E-state index in [9.17, 15) is 4.79 Å². The van der Waals surface area contributed by atoms with Gasteiger partial charge in [0.25, 0.3) is 0 Å². The molecule has 4 nitrogen and oxygen atoms in total. The Balaban J connectivity index is 3.31. The van der Waals surface area contributed by atoms with Crippen molar-refractivity contribution in [3.05, 3.63) is 28.8 Å². The second-order valence-corrected chi connectivity index (χ2v) is 3.94. The molecule has 0 saturated carbocycles. The van der Waals surface area contributed by atoms with Gasteiger partial charge in [0, 0.05) is 5.56 Å². The van der Waals surface area contributed by atoms with E-state index in [1.165, 1.54) is 7.11 Å². The molecule has 1 aromatic rings. The highest BCUT2D eigenvalue weighted by Gasteiger charge is 2.25. The molecule has 0 heterocycles. The van der Waals surface area contributed by atoms with Gasteiger partial charge in [0.15, 0.2) is 0 Å².